The van der Waals surface area contributed by atoms with Gasteiger partial charge in [0, 0.05) is 37.9 Å². The van der Waals surface area contributed by atoms with Crippen molar-refractivity contribution in [3.8, 4) is 0 Å². The Balaban J connectivity index is 1.56. The Kier molecular flexibility index (Phi) is 3.73. The van der Waals surface area contributed by atoms with Crippen LogP contribution in [0.25, 0.3) is 0 Å². The highest BCUT2D eigenvalue weighted by Gasteiger charge is 2.43. The van der Waals surface area contributed by atoms with E-state index in [2.05, 4.69) is 0 Å². The summed E-state index contributed by atoms with van der Waals surface area (Å²) in [5.74, 6) is -1.49. The summed E-state index contributed by atoms with van der Waals surface area (Å²) >= 11 is 0. The zero-order chi connectivity index (χ0) is 14.3. The Labute approximate surface area is 118 Å². The number of rotatable bonds is 1. The predicted molar refractivity (Wildman–Crippen MR) is 72.3 cm³/mol. The highest BCUT2D eigenvalue weighted by Crippen LogP contribution is 2.40. The van der Waals surface area contributed by atoms with E-state index in [1.54, 1.807) is 0 Å². The molecule has 1 amide bonds. The van der Waals surface area contributed by atoms with Gasteiger partial charge in [0.25, 0.3) is 0 Å². The van der Waals surface area contributed by atoms with E-state index in [4.69, 9.17) is 5.73 Å². The molecule has 1 heterocycles. The lowest BCUT2D eigenvalue weighted by Gasteiger charge is -2.30. The lowest BCUT2D eigenvalue weighted by atomic mass is 9.79. The molecule has 3 fully saturated rings. The van der Waals surface area contributed by atoms with Gasteiger partial charge in [0.05, 0.1) is 0 Å². The molecule has 0 radical (unpaired) electrons. The molecule has 2 N–H and O–H groups in total. The fraction of sp³-hybridized carbons (Fsp3) is 0.933. The van der Waals surface area contributed by atoms with Crippen molar-refractivity contribution in [2.75, 3.05) is 13.1 Å². The molecule has 20 heavy (non-hydrogen) atoms. The number of carbonyl (C=O) groups is 1. The van der Waals surface area contributed by atoms with E-state index in [9.17, 15) is 13.6 Å². The molecule has 0 spiro atoms. The van der Waals surface area contributed by atoms with Crippen LogP contribution in [-0.2, 0) is 4.79 Å². The van der Waals surface area contributed by atoms with Gasteiger partial charge in [0.15, 0.2) is 0 Å². The van der Waals surface area contributed by atoms with E-state index in [0.717, 1.165) is 32.4 Å². The monoisotopic (exact) mass is 286 g/mol. The molecule has 3 nitrogen and oxygen atoms in total. The fourth-order valence-corrected chi connectivity index (χ4v) is 4.19. The molecule has 0 aromatic heterocycles. The van der Waals surface area contributed by atoms with Crippen LogP contribution in [0, 0.1) is 17.8 Å². The summed E-state index contributed by atoms with van der Waals surface area (Å²) in [4.78, 5) is 14.4. The molecule has 1 saturated heterocycles. The second-order valence-corrected chi connectivity index (χ2v) is 6.97. The number of hydrogen-bond acceptors (Lipinski definition) is 2. The van der Waals surface area contributed by atoms with Crippen LogP contribution >= 0.6 is 0 Å². The molecule has 0 aromatic carbocycles. The molecule has 0 aromatic rings. The van der Waals surface area contributed by atoms with Crippen LogP contribution in [0.1, 0.15) is 44.9 Å². The van der Waals surface area contributed by atoms with Crippen LogP contribution < -0.4 is 5.73 Å². The highest BCUT2D eigenvalue weighted by molar-refractivity contribution is 5.79. The molecule has 2 aliphatic carbocycles. The van der Waals surface area contributed by atoms with Crippen molar-refractivity contribution in [1.29, 1.82) is 0 Å². The van der Waals surface area contributed by atoms with E-state index in [1.165, 1.54) is 0 Å². The molecule has 2 saturated carbocycles. The van der Waals surface area contributed by atoms with E-state index in [1.807, 2.05) is 4.90 Å². The summed E-state index contributed by atoms with van der Waals surface area (Å²) < 4.78 is 26.3. The van der Waals surface area contributed by atoms with Gasteiger partial charge in [-0.25, -0.2) is 8.78 Å². The van der Waals surface area contributed by atoms with Gasteiger partial charge in [-0.05, 0) is 43.9 Å². The van der Waals surface area contributed by atoms with Crippen LogP contribution in [0.2, 0.25) is 0 Å². The van der Waals surface area contributed by atoms with Crippen molar-refractivity contribution in [3.05, 3.63) is 0 Å². The Hall–Kier alpha value is -0.710. The first kappa shape index (κ1) is 14.2. The van der Waals surface area contributed by atoms with Crippen molar-refractivity contribution in [2.45, 2.75) is 56.9 Å². The van der Waals surface area contributed by atoms with Crippen LogP contribution in [-0.4, -0.2) is 35.9 Å². The number of likely N-dealkylation sites (tertiary alicyclic amines) is 1. The van der Waals surface area contributed by atoms with E-state index in [0.29, 0.717) is 24.7 Å². The Bertz CT molecular complexity index is 378. The topological polar surface area (TPSA) is 46.3 Å². The normalized spacial score (nSPS) is 37.8. The molecule has 5 heteroatoms. The van der Waals surface area contributed by atoms with Crippen LogP contribution in [0.15, 0.2) is 0 Å². The first-order valence-corrected chi connectivity index (χ1v) is 7.87. The third-order valence-electron chi connectivity index (χ3n) is 5.47. The standard InChI is InChI=1S/C15H24F2N2O/c16-15(17)5-3-10(4-6-15)14(20)19-8-11-1-2-13(18)7-12(11)9-19/h10-13H,1-9,18H2/t11-,12+,13?/m1/s1. The lowest BCUT2D eigenvalue weighted by Crippen LogP contribution is -2.38. The van der Waals surface area contributed by atoms with Gasteiger partial charge in [-0.1, -0.05) is 0 Å². The second kappa shape index (κ2) is 5.24. The molecule has 114 valence electrons. The minimum absolute atomic E-state index is 0.114. The highest BCUT2D eigenvalue weighted by atomic mass is 19.3. The number of hydrogen-bond donors (Lipinski definition) is 1. The molecular weight excluding hydrogens is 262 g/mol. The average molecular weight is 286 g/mol. The van der Waals surface area contributed by atoms with Crippen molar-refractivity contribution in [2.24, 2.45) is 23.5 Å². The second-order valence-electron chi connectivity index (χ2n) is 6.97. The summed E-state index contributed by atoms with van der Waals surface area (Å²) in [6.45, 7) is 1.62. The van der Waals surface area contributed by atoms with Gasteiger partial charge < -0.3 is 10.6 Å². The molecule has 1 aliphatic heterocycles. The van der Waals surface area contributed by atoms with Gasteiger partial charge in [-0.15, -0.1) is 0 Å². The Morgan fingerprint density at radius 1 is 1.05 bits per heavy atom. The van der Waals surface area contributed by atoms with Crippen LogP contribution in [0.4, 0.5) is 8.78 Å². The fourth-order valence-electron chi connectivity index (χ4n) is 4.19. The number of nitrogens with zero attached hydrogens (tertiary/aromatic N) is 1. The van der Waals surface area contributed by atoms with Crippen molar-refractivity contribution in [3.63, 3.8) is 0 Å². The summed E-state index contributed by atoms with van der Waals surface area (Å²) in [6, 6.07) is 0.277. The quantitative estimate of drug-likeness (QED) is 0.804. The summed E-state index contributed by atoms with van der Waals surface area (Å²) in [5, 5.41) is 0. The van der Waals surface area contributed by atoms with Gasteiger partial charge in [-0.3, -0.25) is 4.79 Å². The molecular formula is C15H24F2N2O. The van der Waals surface area contributed by atoms with E-state index >= 15 is 0 Å². The molecule has 1 unspecified atom stereocenters. The van der Waals surface area contributed by atoms with Crippen LogP contribution in [0.5, 0.6) is 0 Å². The maximum atomic E-state index is 13.2. The van der Waals surface area contributed by atoms with E-state index < -0.39 is 5.92 Å². The number of fused-ring (bicyclic) bond motifs is 1. The van der Waals surface area contributed by atoms with Gasteiger partial charge >= 0.3 is 0 Å². The summed E-state index contributed by atoms with van der Waals surface area (Å²) in [5.41, 5.74) is 6.00. The number of amides is 1. The first-order chi connectivity index (χ1) is 9.44. The number of nitrogens with two attached hydrogens (primary N) is 1. The minimum atomic E-state index is -2.55. The zero-order valence-electron chi connectivity index (χ0n) is 11.9. The van der Waals surface area contributed by atoms with E-state index in [-0.39, 0.29) is 30.7 Å². The SMILES string of the molecule is NC1CC[C@@H]2CN(C(=O)C3CCC(F)(F)CC3)C[C@@H]2C1. The zero-order valence-corrected chi connectivity index (χ0v) is 11.9. The van der Waals surface area contributed by atoms with Crippen molar-refractivity contribution >= 4 is 5.91 Å². The number of carbonyl (C=O) groups excluding carboxylic acids is 1. The third kappa shape index (κ3) is 2.83. The summed E-state index contributed by atoms with van der Waals surface area (Å²) in [7, 11) is 0. The molecule has 0 bridgehead atoms. The maximum Gasteiger partial charge on any atom is 0.248 e. The van der Waals surface area contributed by atoms with Crippen LogP contribution in [0.3, 0.4) is 0 Å². The van der Waals surface area contributed by atoms with Gasteiger partial charge in [0.1, 0.15) is 0 Å². The Morgan fingerprint density at radius 3 is 2.40 bits per heavy atom. The van der Waals surface area contributed by atoms with Gasteiger partial charge in [-0.2, -0.15) is 0 Å². The average Bonchev–Trinajstić information content (AvgIpc) is 2.80. The minimum Gasteiger partial charge on any atom is -0.342 e. The molecule has 3 atom stereocenters. The summed E-state index contributed by atoms with van der Waals surface area (Å²) in [6.07, 6.45) is 3.60. The first-order valence-electron chi connectivity index (χ1n) is 7.87. The van der Waals surface area contributed by atoms with Gasteiger partial charge in [0.2, 0.25) is 11.8 Å². The molecule has 3 rings (SSSR count). The lowest BCUT2D eigenvalue weighted by molar-refractivity contribution is -0.138. The number of halogens is 2. The smallest absolute Gasteiger partial charge is 0.248 e. The third-order valence-corrected chi connectivity index (χ3v) is 5.47. The molecule has 3 aliphatic rings. The van der Waals surface area contributed by atoms with Crippen molar-refractivity contribution in [1.82, 2.24) is 4.90 Å². The van der Waals surface area contributed by atoms with Crippen molar-refractivity contribution < 1.29 is 13.6 Å². The maximum absolute atomic E-state index is 13.2. The predicted octanol–water partition coefficient (Wildman–Crippen LogP) is 2.40. The number of alkyl halides is 2. The Morgan fingerprint density at radius 2 is 1.70 bits per heavy atom. The largest absolute Gasteiger partial charge is 0.342 e.